The van der Waals surface area contributed by atoms with Crippen LogP contribution < -0.4 is 32.7 Å². The molecule has 1 aliphatic rings. The number of nitrogens with two attached hydrogens (primary N) is 2. The summed E-state index contributed by atoms with van der Waals surface area (Å²) in [5, 5.41) is 39.5. The second-order valence-corrected chi connectivity index (χ2v) is 18.9. The first kappa shape index (κ1) is 83.6. The average Bonchev–Trinajstić information content (AvgIpc) is 2.97. The molecule has 0 bridgehead atoms. The lowest BCUT2D eigenvalue weighted by Gasteiger charge is -2.41. The van der Waals surface area contributed by atoms with E-state index in [0.29, 0.717) is 35.1 Å². The maximum Gasteiger partial charge on any atom is 0.490 e. The first-order chi connectivity index (χ1) is 37.2. The highest BCUT2D eigenvalue weighted by atomic mass is 19.4. The zero-order valence-corrected chi connectivity index (χ0v) is 46.2. The molecule has 4 aromatic rings. The molecule has 8 amide bonds. The first-order valence-electron chi connectivity index (χ1n) is 25.0. The Morgan fingerprint density at radius 1 is 0.523 bits per heavy atom. The number of carboxylic acids is 1. The largest absolute Gasteiger partial charge is 0.508 e. The van der Waals surface area contributed by atoms with Gasteiger partial charge in [0.1, 0.15) is 35.7 Å². The number of phenolic OH excluding ortho intramolecular Hbond substituents is 2. The summed E-state index contributed by atoms with van der Waals surface area (Å²) in [6, 6.07) is 23.7. The van der Waals surface area contributed by atoms with Crippen molar-refractivity contribution in [3.8, 4) is 11.5 Å². The van der Waals surface area contributed by atoms with Gasteiger partial charge in [0.15, 0.2) is 0 Å². The number of alkyl halides is 3. The minimum Gasteiger partial charge on any atom is -0.508 e. The van der Waals surface area contributed by atoms with Crippen LogP contribution in [0, 0.1) is 0 Å². The first-order valence-corrected chi connectivity index (χ1v) is 25.0. The summed E-state index contributed by atoms with van der Waals surface area (Å²) in [5.41, 5.74) is 15.0. The molecule has 482 valence electrons. The van der Waals surface area contributed by atoms with Crippen molar-refractivity contribution in [2.24, 2.45) is 11.5 Å². The zero-order valence-electron chi connectivity index (χ0n) is 46.2. The molecule has 6 atom stereocenters. The summed E-state index contributed by atoms with van der Waals surface area (Å²) < 4.78 is 31.7. The van der Waals surface area contributed by atoms with Crippen molar-refractivity contribution >= 4 is 53.2 Å². The van der Waals surface area contributed by atoms with Crippen molar-refractivity contribution in [2.75, 3.05) is 40.3 Å². The predicted octanol–water partition coefficient (Wildman–Crippen LogP) is 0.998. The van der Waals surface area contributed by atoms with Crippen LogP contribution in [0.15, 0.2) is 109 Å². The molecule has 15 N–H and O–H groups in total. The zero-order chi connectivity index (χ0) is 58.6. The fraction of sp³-hybridized carbons (Fsp3) is 0.411. The third-order valence-corrected chi connectivity index (χ3v) is 12.3. The molecule has 1 saturated heterocycles. The van der Waals surface area contributed by atoms with Gasteiger partial charge in [-0.1, -0.05) is 99.8 Å². The molecular weight excluding hydrogens is 1150 g/mol. The molecule has 0 spiro atoms. The lowest BCUT2D eigenvalue weighted by Crippen LogP contribution is -2.63. The number of amides is 8. The Kier molecular flexibility index (Phi) is 38.5. The lowest BCUT2D eigenvalue weighted by molar-refractivity contribution is -0.192. The van der Waals surface area contributed by atoms with Gasteiger partial charge < -0.3 is 68.8 Å². The normalized spacial score (nSPS) is 13.3. The van der Waals surface area contributed by atoms with Gasteiger partial charge in [0.25, 0.3) is 11.8 Å². The molecule has 24 nitrogen and oxygen atoms in total. The van der Waals surface area contributed by atoms with E-state index in [4.69, 9.17) is 21.4 Å². The molecule has 0 saturated carbocycles. The van der Waals surface area contributed by atoms with E-state index in [1.807, 2.05) is 0 Å². The molecule has 86 heavy (non-hydrogen) atoms. The van der Waals surface area contributed by atoms with Gasteiger partial charge in [0.05, 0.1) is 25.2 Å². The van der Waals surface area contributed by atoms with E-state index in [0.717, 1.165) is 9.80 Å². The summed E-state index contributed by atoms with van der Waals surface area (Å²) >= 11 is 0. The number of phenols is 2. The van der Waals surface area contributed by atoms with Crippen LogP contribution in [0.2, 0.25) is 0 Å². The van der Waals surface area contributed by atoms with E-state index in [-0.39, 0.29) is 90.2 Å². The highest BCUT2D eigenvalue weighted by Crippen LogP contribution is 2.19. The summed E-state index contributed by atoms with van der Waals surface area (Å²) in [4.78, 5) is 121. The van der Waals surface area contributed by atoms with E-state index in [9.17, 15) is 61.7 Å². The standard InChI is InChI=1S/C52H66N10O10.C2HF3O2.2CH4.3FH.2H2O/c1-33(55-47(67)41(53)27-37-17-21-39(63)22-18-37)49(69)59(3)31-45(65)57-43(29-35-13-7-5-8-14-35)51(71)61-25-11-12-26-62(61)52(72)44(30-36-15-9-6-10-16-36)58-46(66)32-60(4)50(70)34(2)56-48(68)42(54)28-38-19-23-40(64)24-20-38;3-2(4,5)1(6)7;;;;;;;/h5-10,13-24,33-34,41-44,63-64H,11-12,25-32,53-54H2,1-4H3,(H,55,67)(H,56,68)(H,57,65)(H,58,66);(H,6,7);2*1H4;3*1H;2*1H2/t33-,34-,41-,42-,43-,44+;;;;;;;;/m1......../s1. The number of carbonyl (C=O) groups is 9. The quantitative estimate of drug-likeness (QED) is 0.0496. The number of carbonyl (C=O) groups excluding carboxylic acids is 8. The Labute approximate surface area is 494 Å². The molecule has 5 rings (SSSR count). The number of likely N-dealkylation sites (N-methyl/N-ethyl adjacent to an activating group) is 2. The number of nitrogens with one attached hydrogen (secondary N) is 4. The minimum absolute atomic E-state index is 0. The summed E-state index contributed by atoms with van der Waals surface area (Å²) in [6.07, 6.45) is -3.67. The maximum absolute atomic E-state index is 14.7. The smallest absolute Gasteiger partial charge is 0.490 e. The van der Waals surface area contributed by atoms with Gasteiger partial charge in [-0.25, -0.2) is 14.8 Å². The number of hydrogen-bond acceptors (Lipinski definition) is 13. The van der Waals surface area contributed by atoms with Crippen LogP contribution in [-0.2, 0) is 68.8 Å². The van der Waals surface area contributed by atoms with Gasteiger partial charge in [-0.3, -0.25) is 52.5 Å². The molecule has 30 heteroatoms. The monoisotopic (exact) mass is 1230 g/mol. The second kappa shape index (κ2) is 39.6. The van der Waals surface area contributed by atoms with Crippen LogP contribution in [0.3, 0.4) is 0 Å². The lowest BCUT2D eigenvalue weighted by atomic mass is 10.0. The van der Waals surface area contributed by atoms with Crippen molar-refractivity contribution < 1.29 is 96.7 Å². The van der Waals surface area contributed by atoms with E-state index in [2.05, 4.69) is 21.3 Å². The number of aromatic hydroxyl groups is 2. The van der Waals surface area contributed by atoms with Crippen molar-refractivity contribution in [2.45, 2.75) is 110 Å². The van der Waals surface area contributed by atoms with E-state index in [1.165, 1.54) is 62.2 Å². The number of rotatable bonds is 22. The van der Waals surface area contributed by atoms with Crippen LogP contribution in [0.5, 0.6) is 11.5 Å². The Morgan fingerprint density at radius 2 is 0.802 bits per heavy atom. The van der Waals surface area contributed by atoms with Crippen LogP contribution in [0.1, 0.15) is 63.8 Å². The van der Waals surface area contributed by atoms with Gasteiger partial charge in [0.2, 0.25) is 35.4 Å². The van der Waals surface area contributed by atoms with E-state index in [1.54, 1.807) is 84.9 Å². The number of aliphatic carboxylic acids is 1. The van der Waals surface area contributed by atoms with Gasteiger partial charge in [0, 0.05) is 40.0 Å². The van der Waals surface area contributed by atoms with Crippen LogP contribution in [0.4, 0.5) is 27.3 Å². The average molecular weight is 1230 g/mol. The van der Waals surface area contributed by atoms with Gasteiger partial charge in [-0.05, 0) is 86.1 Å². The van der Waals surface area contributed by atoms with E-state index >= 15 is 0 Å². The van der Waals surface area contributed by atoms with Crippen LogP contribution >= 0.6 is 0 Å². The number of hydrazine groups is 1. The summed E-state index contributed by atoms with van der Waals surface area (Å²) in [7, 11) is 2.76. The van der Waals surface area contributed by atoms with Crippen molar-refractivity contribution in [3.05, 3.63) is 131 Å². The molecular formula is C56H82F6N10O14. The Hall–Kier alpha value is -8.87. The van der Waals surface area contributed by atoms with Crippen LogP contribution in [0.25, 0.3) is 0 Å². The molecule has 0 radical (unpaired) electrons. The van der Waals surface area contributed by atoms with Gasteiger partial charge in [-0.15, -0.1) is 0 Å². The van der Waals surface area contributed by atoms with Crippen molar-refractivity contribution in [3.63, 3.8) is 0 Å². The number of halogens is 6. The number of benzene rings is 4. The SMILES string of the molecule is C.C.C[C@@H](NC(=O)[C@H](N)Cc1ccc(O)cc1)C(=O)N(C)CC(=O)N[C@@H](Cc1ccccc1)C(=O)N1CCCCN1C(=O)[C@@H](Cc1ccccc1)NC(=O)CN(C)C(=O)[C@@H](C)NC(=O)[C@H](N)Cc1ccc(O)cc1.F.F.F.O.O.O=C(O)C(F)(F)F. The molecule has 4 aromatic carbocycles. The molecule has 1 fully saturated rings. The van der Waals surface area contributed by atoms with Crippen molar-refractivity contribution in [1.29, 1.82) is 0 Å². The second-order valence-electron chi connectivity index (χ2n) is 18.9. The predicted molar refractivity (Wildman–Crippen MR) is 309 cm³/mol. The number of carboxylic acid groups (broad SMARTS) is 1. The molecule has 0 unspecified atom stereocenters. The number of nitrogens with zero attached hydrogens (tertiary/aromatic N) is 4. The third-order valence-electron chi connectivity index (χ3n) is 12.3. The van der Waals surface area contributed by atoms with Gasteiger partial charge in [-0.2, -0.15) is 13.2 Å². The summed E-state index contributed by atoms with van der Waals surface area (Å²) in [5.74, 6) is -7.59. The fourth-order valence-electron chi connectivity index (χ4n) is 8.13. The highest BCUT2D eigenvalue weighted by molar-refractivity contribution is 5.96. The third kappa shape index (κ3) is 26.8. The Balaban J connectivity index is -0.00000226. The Bertz CT molecular complexity index is 2570. The number of hydrogen-bond donors (Lipinski definition) is 9. The maximum atomic E-state index is 14.7. The highest BCUT2D eigenvalue weighted by Gasteiger charge is 2.39. The Morgan fingerprint density at radius 3 is 1.08 bits per heavy atom. The van der Waals surface area contributed by atoms with Crippen LogP contribution in [-0.4, -0.2) is 182 Å². The fourth-order valence-corrected chi connectivity index (χ4v) is 8.13. The molecule has 0 aromatic heterocycles. The van der Waals surface area contributed by atoms with E-state index < -0.39 is 109 Å². The molecule has 1 aliphatic heterocycles. The molecule has 1 heterocycles. The molecule has 0 aliphatic carbocycles. The minimum atomic E-state index is -5.08. The van der Waals surface area contributed by atoms with Crippen molar-refractivity contribution in [1.82, 2.24) is 41.1 Å². The summed E-state index contributed by atoms with van der Waals surface area (Å²) in [6.45, 7) is 2.17. The topological polar surface area (TPSA) is 390 Å². The van der Waals surface area contributed by atoms with Gasteiger partial charge >= 0.3 is 12.1 Å².